The minimum absolute atomic E-state index is 0.0317. The van der Waals surface area contributed by atoms with E-state index in [1.54, 1.807) is 5.06 Å². The molecule has 27 heavy (non-hydrogen) atoms. The van der Waals surface area contributed by atoms with Gasteiger partial charge in [-0.05, 0) is 42.9 Å². The van der Waals surface area contributed by atoms with Crippen LogP contribution in [0.2, 0.25) is 0 Å². The number of piperidine rings is 1. The first-order valence-corrected chi connectivity index (χ1v) is 9.11. The summed E-state index contributed by atoms with van der Waals surface area (Å²) in [6, 6.07) is 3.98. The minimum atomic E-state index is -3.37. The molecule has 2 aliphatic heterocycles. The fraction of sp³-hybridized carbons (Fsp3) is 0.562. The fourth-order valence-corrected chi connectivity index (χ4v) is 3.60. The average molecular weight is 405 g/mol. The van der Waals surface area contributed by atoms with Crippen LogP contribution >= 0.6 is 11.3 Å². The molecule has 0 aliphatic carbocycles. The number of carbonyl (C=O) groups is 2. The van der Waals surface area contributed by atoms with Crippen molar-refractivity contribution in [3.05, 3.63) is 21.9 Å². The lowest BCUT2D eigenvalue weighted by atomic mass is 9.96. The molecule has 0 unspecified atom stereocenters. The van der Waals surface area contributed by atoms with Crippen molar-refractivity contribution >= 4 is 23.2 Å². The Balaban J connectivity index is 0.000000321. The first-order valence-electron chi connectivity index (χ1n) is 8.23. The molecule has 1 atom stereocenters. The second kappa shape index (κ2) is 10.2. The average Bonchev–Trinajstić information content (AvgIpc) is 3.36. The van der Waals surface area contributed by atoms with Crippen LogP contribution < -0.4 is 5.32 Å². The molecule has 1 N–H and O–H groups in total. The number of hydrogen-bond acceptors (Lipinski definition) is 7. The Hall–Kier alpha value is -2.16. The highest BCUT2D eigenvalue weighted by atomic mass is 32.1. The third-order valence-electron chi connectivity index (χ3n) is 4.18. The van der Waals surface area contributed by atoms with Gasteiger partial charge >= 0.3 is 12.4 Å². The molecule has 3 heterocycles. The number of amides is 1. The van der Waals surface area contributed by atoms with Crippen molar-refractivity contribution in [1.82, 2.24) is 10.4 Å². The maximum absolute atomic E-state index is 12.6. The van der Waals surface area contributed by atoms with Gasteiger partial charge < -0.3 is 5.32 Å². The molecule has 2 fully saturated rings. The predicted molar refractivity (Wildman–Crippen MR) is 88.0 cm³/mol. The highest BCUT2D eigenvalue weighted by Crippen LogP contribution is 2.34. The predicted octanol–water partition coefficient (Wildman–Crippen LogP) is 2.50. The summed E-state index contributed by atoms with van der Waals surface area (Å²) in [5, 5.41) is 15.7. The van der Waals surface area contributed by atoms with Gasteiger partial charge in [0.25, 0.3) is 0 Å². The molecular formula is C16H18F3N3O4S. The van der Waals surface area contributed by atoms with E-state index >= 15 is 0 Å². The van der Waals surface area contributed by atoms with E-state index in [1.165, 1.54) is 11.3 Å². The normalized spacial score (nSPS) is 20.0. The van der Waals surface area contributed by atoms with Gasteiger partial charge in [-0.2, -0.15) is 14.0 Å². The number of rotatable bonds is 3. The van der Waals surface area contributed by atoms with Gasteiger partial charge in [0.2, 0.25) is 5.91 Å². The molecule has 11 heteroatoms. The van der Waals surface area contributed by atoms with Gasteiger partial charge in [0.1, 0.15) is 10.9 Å². The number of hydrogen-bond donors (Lipinski definition) is 1. The number of nitrogens with one attached hydrogen (secondary N) is 1. The largest absolute Gasteiger partial charge is 0.414 e. The zero-order valence-electron chi connectivity index (χ0n) is 14.2. The second-order valence-corrected chi connectivity index (χ2v) is 6.79. The summed E-state index contributed by atoms with van der Waals surface area (Å²) in [6.45, 7) is 2.36. The molecule has 1 aromatic rings. The minimum Gasteiger partial charge on any atom is -0.317 e. The van der Waals surface area contributed by atoms with E-state index in [0.29, 0.717) is 11.5 Å². The van der Waals surface area contributed by atoms with Crippen LogP contribution in [0.4, 0.5) is 13.3 Å². The number of alkyl halides is 2. The van der Waals surface area contributed by atoms with Crippen molar-refractivity contribution in [2.24, 2.45) is 5.92 Å². The summed E-state index contributed by atoms with van der Waals surface area (Å²) in [4.78, 5) is 30.1. The second-order valence-electron chi connectivity index (χ2n) is 5.88. The monoisotopic (exact) mass is 405 g/mol. The Kier molecular flexibility index (Phi) is 8.02. The van der Waals surface area contributed by atoms with Crippen molar-refractivity contribution in [2.75, 3.05) is 19.7 Å². The molecule has 1 amide bonds. The molecule has 0 spiro atoms. The molecule has 148 valence electrons. The Bertz CT molecular complexity index is 689. The van der Waals surface area contributed by atoms with Gasteiger partial charge in [0.15, 0.2) is 0 Å². The smallest absolute Gasteiger partial charge is 0.317 e. The summed E-state index contributed by atoms with van der Waals surface area (Å²) in [6.07, 6.45) is -0.819. The van der Waals surface area contributed by atoms with Gasteiger partial charge in [-0.25, -0.2) is 14.8 Å². The summed E-state index contributed by atoms with van der Waals surface area (Å²) in [5.41, 5.74) is 1.02. The fourth-order valence-electron chi connectivity index (χ4n) is 2.86. The number of hydroxylamine groups is 2. The molecule has 0 bridgehead atoms. The molecule has 2 saturated heterocycles. The number of thiophene rings is 1. The molecule has 0 saturated carbocycles. The number of halogens is 3. The molecule has 2 aliphatic rings. The lowest BCUT2D eigenvalue weighted by molar-refractivity contribution is -0.196. The number of carbonyl (C=O) groups excluding carboxylic acids is 2. The van der Waals surface area contributed by atoms with Crippen LogP contribution in [0.15, 0.2) is 11.4 Å². The van der Waals surface area contributed by atoms with Crippen molar-refractivity contribution in [2.45, 2.75) is 31.7 Å². The van der Waals surface area contributed by atoms with E-state index in [9.17, 15) is 18.1 Å². The SMILES string of the molecule is N#Cc1cc([C@@H]2CCON2C(=O)C2CCNCC2)cs1.O=C(OF)C(F)F. The standard InChI is InChI=1S/C14H17N3O2S.C2HF3O2/c15-8-12-7-11(9-20-12)13-3-6-19-17(13)14(18)10-1-4-16-5-2-10;3-1(4)2(6)7-5/h7,9-10,13,16H,1-6H2;1H/t13-;/m0./s1. The van der Waals surface area contributed by atoms with E-state index in [0.717, 1.165) is 37.9 Å². The highest BCUT2D eigenvalue weighted by Gasteiger charge is 2.36. The van der Waals surface area contributed by atoms with E-state index in [-0.39, 0.29) is 17.9 Å². The third-order valence-corrected chi connectivity index (χ3v) is 5.03. The van der Waals surface area contributed by atoms with Crippen LogP contribution in [-0.4, -0.2) is 43.1 Å². The molecule has 7 nitrogen and oxygen atoms in total. The first-order chi connectivity index (χ1) is 13.0. The summed E-state index contributed by atoms with van der Waals surface area (Å²) in [5.74, 6) is -2.00. The zero-order valence-corrected chi connectivity index (χ0v) is 15.0. The van der Waals surface area contributed by atoms with Gasteiger partial charge in [0, 0.05) is 16.9 Å². The lowest BCUT2D eigenvalue weighted by Gasteiger charge is -2.29. The Morgan fingerprint density at radius 3 is 2.59 bits per heavy atom. The van der Waals surface area contributed by atoms with Gasteiger partial charge in [-0.3, -0.25) is 9.63 Å². The van der Waals surface area contributed by atoms with Crippen LogP contribution in [-0.2, 0) is 19.4 Å². The van der Waals surface area contributed by atoms with Crippen LogP contribution in [0, 0.1) is 17.2 Å². The highest BCUT2D eigenvalue weighted by molar-refractivity contribution is 7.10. The van der Waals surface area contributed by atoms with Crippen molar-refractivity contribution < 1.29 is 32.7 Å². The summed E-state index contributed by atoms with van der Waals surface area (Å²) >= 11 is 1.42. The summed E-state index contributed by atoms with van der Waals surface area (Å²) < 4.78 is 31.7. The summed E-state index contributed by atoms with van der Waals surface area (Å²) in [7, 11) is 0. The Morgan fingerprint density at radius 1 is 1.37 bits per heavy atom. The van der Waals surface area contributed by atoms with Crippen molar-refractivity contribution in [3.8, 4) is 6.07 Å². The van der Waals surface area contributed by atoms with Gasteiger partial charge in [0.05, 0.1) is 12.6 Å². The maximum atomic E-state index is 12.6. The third kappa shape index (κ3) is 5.66. The molecular weight excluding hydrogens is 387 g/mol. The van der Waals surface area contributed by atoms with E-state index in [4.69, 9.17) is 14.9 Å². The molecule has 0 aromatic carbocycles. The van der Waals surface area contributed by atoms with Gasteiger partial charge in [-0.1, -0.05) is 0 Å². The van der Waals surface area contributed by atoms with Crippen LogP contribution in [0.25, 0.3) is 0 Å². The number of nitrogens with zero attached hydrogens (tertiary/aromatic N) is 2. The first kappa shape index (κ1) is 21.1. The van der Waals surface area contributed by atoms with Crippen LogP contribution in [0.1, 0.15) is 35.7 Å². The zero-order chi connectivity index (χ0) is 19.8. The van der Waals surface area contributed by atoms with Gasteiger partial charge in [-0.15, -0.1) is 11.3 Å². The van der Waals surface area contributed by atoms with E-state index < -0.39 is 12.4 Å². The maximum Gasteiger partial charge on any atom is 0.414 e. The molecule has 1 aromatic heterocycles. The topological polar surface area (TPSA) is 91.7 Å². The van der Waals surface area contributed by atoms with Crippen LogP contribution in [0.3, 0.4) is 0 Å². The quantitative estimate of drug-likeness (QED) is 0.831. The molecule has 3 rings (SSSR count). The van der Waals surface area contributed by atoms with E-state index in [1.807, 2.05) is 11.4 Å². The molecule has 0 radical (unpaired) electrons. The number of nitriles is 1. The Morgan fingerprint density at radius 2 is 2.07 bits per heavy atom. The van der Waals surface area contributed by atoms with Crippen molar-refractivity contribution in [1.29, 1.82) is 5.26 Å². The lowest BCUT2D eigenvalue weighted by Crippen LogP contribution is -2.40. The van der Waals surface area contributed by atoms with E-state index in [2.05, 4.69) is 16.3 Å². The Labute approximate surface area is 157 Å². The van der Waals surface area contributed by atoms with Crippen LogP contribution in [0.5, 0.6) is 0 Å². The van der Waals surface area contributed by atoms with Crippen molar-refractivity contribution in [3.63, 3.8) is 0 Å².